The zero-order chi connectivity index (χ0) is 13.7. The van der Waals surface area contributed by atoms with E-state index >= 15 is 0 Å². The van der Waals surface area contributed by atoms with Crippen LogP contribution in [-0.4, -0.2) is 36.9 Å². The quantitative estimate of drug-likeness (QED) is 0.614. The van der Waals surface area contributed by atoms with Crippen LogP contribution in [0.15, 0.2) is 12.1 Å². The van der Waals surface area contributed by atoms with Gasteiger partial charge >= 0.3 is 5.97 Å². The lowest BCUT2D eigenvalue weighted by Gasteiger charge is -2.11. The van der Waals surface area contributed by atoms with Crippen LogP contribution in [0.3, 0.4) is 0 Å². The third-order valence-electron chi connectivity index (χ3n) is 2.72. The second-order valence-electron chi connectivity index (χ2n) is 4.18. The molecule has 0 aromatic carbocycles. The lowest BCUT2D eigenvalue weighted by atomic mass is 10.2. The summed E-state index contributed by atoms with van der Waals surface area (Å²) in [5, 5.41) is 0.202. The molecule has 1 aromatic heterocycles. The molecule has 6 heteroatoms. The summed E-state index contributed by atoms with van der Waals surface area (Å²) in [7, 11) is 0. The Hall–Kier alpha value is -1.33. The first-order valence-corrected chi connectivity index (χ1v) is 6.66. The fourth-order valence-electron chi connectivity index (χ4n) is 1.83. The van der Waals surface area contributed by atoms with Gasteiger partial charge in [0.15, 0.2) is 0 Å². The van der Waals surface area contributed by atoms with E-state index in [4.69, 9.17) is 25.8 Å². The number of nitrogens with zero attached hydrogens (tertiary/aromatic N) is 1. The van der Waals surface area contributed by atoms with Crippen LogP contribution in [0.25, 0.3) is 0 Å². The lowest BCUT2D eigenvalue weighted by molar-refractivity contribution is 0.0524. The molecule has 1 aliphatic rings. The summed E-state index contributed by atoms with van der Waals surface area (Å²) >= 11 is 5.86. The van der Waals surface area contributed by atoms with Gasteiger partial charge < -0.3 is 14.2 Å². The highest BCUT2D eigenvalue weighted by Gasteiger charge is 2.17. The molecule has 2 heterocycles. The SMILES string of the molecule is CCOC(=O)c1cc(Cl)nc(OC[C@H]2CCCO2)c1. The van der Waals surface area contributed by atoms with Crippen molar-refractivity contribution in [3.05, 3.63) is 22.8 Å². The van der Waals surface area contributed by atoms with Crippen LogP contribution < -0.4 is 4.74 Å². The van der Waals surface area contributed by atoms with Gasteiger partial charge in [-0.25, -0.2) is 9.78 Å². The van der Waals surface area contributed by atoms with Crippen molar-refractivity contribution in [2.24, 2.45) is 0 Å². The van der Waals surface area contributed by atoms with Crippen molar-refractivity contribution in [2.45, 2.75) is 25.9 Å². The molecule has 0 unspecified atom stereocenters. The van der Waals surface area contributed by atoms with Gasteiger partial charge in [0.1, 0.15) is 11.8 Å². The summed E-state index contributed by atoms with van der Waals surface area (Å²) in [6.45, 7) is 3.24. The maximum absolute atomic E-state index is 11.6. The van der Waals surface area contributed by atoms with E-state index in [1.54, 1.807) is 6.92 Å². The second-order valence-corrected chi connectivity index (χ2v) is 4.57. The smallest absolute Gasteiger partial charge is 0.338 e. The average molecular weight is 286 g/mol. The van der Waals surface area contributed by atoms with Gasteiger partial charge in [0, 0.05) is 12.7 Å². The van der Waals surface area contributed by atoms with Gasteiger partial charge in [-0.2, -0.15) is 0 Å². The van der Waals surface area contributed by atoms with Gasteiger partial charge in [0.2, 0.25) is 5.88 Å². The topological polar surface area (TPSA) is 57.7 Å². The summed E-state index contributed by atoms with van der Waals surface area (Å²) in [5.74, 6) is -0.125. The third-order valence-corrected chi connectivity index (χ3v) is 2.92. The monoisotopic (exact) mass is 285 g/mol. The number of aromatic nitrogens is 1. The van der Waals surface area contributed by atoms with E-state index in [-0.39, 0.29) is 11.3 Å². The van der Waals surface area contributed by atoms with Crippen LogP contribution in [0.4, 0.5) is 0 Å². The van der Waals surface area contributed by atoms with Gasteiger partial charge in [-0.3, -0.25) is 0 Å². The van der Waals surface area contributed by atoms with Crippen LogP contribution in [-0.2, 0) is 9.47 Å². The van der Waals surface area contributed by atoms with E-state index in [1.165, 1.54) is 12.1 Å². The van der Waals surface area contributed by atoms with Gasteiger partial charge in [0.25, 0.3) is 0 Å². The summed E-state index contributed by atoms with van der Waals surface area (Å²) in [4.78, 5) is 15.6. The molecule has 1 saturated heterocycles. The van der Waals surface area contributed by atoms with E-state index in [2.05, 4.69) is 4.98 Å². The Balaban J connectivity index is 2.01. The molecule has 0 bridgehead atoms. The molecule has 1 aromatic rings. The van der Waals surface area contributed by atoms with Crippen LogP contribution >= 0.6 is 11.6 Å². The highest BCUT2D eigenvalue weighted by molar-refractivity contribution is 6.29. The minimum atomic E-state index is -0.436. The first-order valence-electron chi connectivity index (χ1n) is 6.28. The number of rotatable bonds is 5. The van der Waals surface area contributed by atoms with Crippen LogP contribution in [0, 0.1) is 0 Å². The van der Waals surface area contributed by atoms with Crippen molar-refractivity contribution in [3.63, 3.8) is 0 Å². The number of carbonyl (C=O) groups excluding carboxylic acids is 1. The van der Waals surface area contributed by atoms with E-state index in [1.807, 2.05) is 0 Å². The van der Waals surface area contributed by atoms with Crippen LogP contribution in [0.5, 0.6) is 5.88 Å². The van der Waals surface area contributed by atoms with Gasteiger partial charge in [-0.05, 0) is 25.8 Å². The standard InChI is InChI=1S/C13H16ClNO4/c1-2-17-13(16)9-6-11(14)15-12(7-9)19-8-10-4-3-5-18-10/h6-7,10H,2-5,8H2,1H3/t10-/m1/s1. The number of halogens is 1. The molecular formula is C13H16ClNO4. The summed E-state index contributed by atoms with van der Waals surface area (Å²) < 4.78 is 15.9. The number of pyridine rings is 1. The number of hydrogen-bond donors (Lipinski definition) is 0. The molecule has 1 atom stereocenters. The van der Waals surface area contributed by atoms with Crippen molar-refractivity contribution in [3.8, 4) is 5.88 Å². The fourth-order valence-corrected chi connectivity index (χ4v) is 2.03. The van der Waals surface area contributed by atoms with Crippen molar-refractivity contribution >= 4 is 17.6 Å². The normalized spacial score (nSPS) is 18.3. The van der Waals surface area contributed by atoms with Crippen LogP contribution in [0.1, 0.15) is 30.1 Å². The van der Waals surface area contributed by atoms with Crippen molar-refractivity contribution < 1.29 is 19.0 Å². The van der Waals surface area contributed by atoms with E-state index in [0.29, 0.717) is 24.7 Å². The molecule has 5 nitrogen and oxygen atoms in total. The highest BCUT2D eigenvalue weighted by Crippen LogP contribution is 2.19. The zero-order valence-electron chi connectivity index (χ0n) is 10.7. The second kappa shape index (κ2) is 6.73. The zero-order valence-corrected chi connectivity index (χ0v) is 11.5. The first kappa shape index (κ1) is 14.1. The van der Waals surface area contributed by atoms with Gasteiger partial charge in [-0.15, -0.1) is 0 Å². The predicted octanol–water partition coefficient (Wildman–Crippen LogP) is 2.47. The highest BCUT2D eigenvalue weighted by atomic mass is 35.5. The van der Waals surface area contributed by atoms with Crippen molar-refractivity contribution in [2.75, 3.05) is 19.8 Å². The molecule has 0 radical (unpaired) electrons. The fraction of sp³-hybridized carbons (Fsp3) is 0.538. The number of hydrogen-bond acceptors (Lipinski definition) is 5. The Morgan fingerprint density at radius 1 is 1.58 bits per heavy atom. The Morgan fingerprint density at radius 2 is 2.42 bits per heavy atom. The minimum absolute atomic E-state index is 0.0897. The summed E-state index contributed by atoms with van der Waals surface area (Å²) in [6.07, 6.45) is 2.11. The molecule has 0 N–H and O–H groups in total. The minimum Gasteiger partial charge on any atom is -0.475 e. The molecular weight excluding hydrogens is 270 g/mol. The number of ether oxygens (including phenoxy) is 3. The van der Waals surface area contributed by atoms with E-state index in [0.717, 1.165) is 19.4 Å². The molecule has 19 heavy (non-hydrogen) atoms. The summed E-state index contributed by atoms with van der Waals surface area (Å²) in [5.41, 5.74) is 0.337. The van der Waals surface area contributed by atoms with Gasteiger partial charge in [0.05, 0.1) is 18.3 Å². The molecule has 1 fully saturated rings. The third kappa shape index (κ3) is 4.08. The van der Waals surface area contributed by atoms with Crippen molar-refractivity contribution in [1.82, 2.24) is 4.98 Å². The summed E-state index contributed by atoms with van der Waals surface area (Å²) in [6, 6.07) is 2.98. The Bertz CT molecular complexity index is 446. The van der Waals surface area contributed by atoms with Gasteiger partial charge in [-0.1, -0.05) is 11.6 Å². The number of esters is 1. The Kier molecular flexibility index (Phi) is 4.99. The largest absolute Gasteiger partial charge is 0.475 e. The molecule has 1 aliphatic heterocycles. The molecule has 0 aliphatic carbocycles. The molecule has 0 spiro atoms. The van der Waals surface area contributed by atoms with Crippen LogP contribution in [0.2, 0.25) is 5.15 Å². The number of carbonyl (C=O) groups is 1. The predicted molar refractivity (Wildman–Crippen MR) is 69.7 cm³/mol. The average Bonchev–Trinajstić information content (AvgIpc) is 2.89. The molecule has 104 valence electrons. The van der Waals surface area contributed by atoms with E-state index in [9.17, 15) is 4.79 Å². The Morgan fingerprint density at radius 3 is 3.11 bits per heavy atom. The lowest BCUT2D eigenvalue weighted by Crippen LogP contribution is -2.17. The first-order chi connectivity index (χ1) is 9.19. The maximum atomic E-state index is 11.6. The van der Waals surface area contributed by atoms with E-state index < -0.39 is 5.97 Å². The molecule has 2 rings (SSSR count). The Labute approximate surface area is 116 Å². The molecule has 0 amide bonds. The van der Waals surface area contributed by atoms with Crippen molar-refractivity contribution in [1.29, 1.82) is 0 Å². The molecule has 0 saturated carbocycles. The maximum Gasteiger partial charge on any atom is 0.338 e.